The first-order valence-electron chi connectivity index (χ1n) is 11.8. The van der Waals surface area contributed by atoms with Gasteiger partial charge in [0.25, 0.3) is 17.7 Å². The van der Waals surface area contributed by atoms with Crippen molar-refractivity contribution < 1.29 is 19.1 Å². The number of nitrogens with zero attached hydrogens (tertiary/aromatic N) is 3. The second-order valence-electron chi connectivity index (χ2n) is 8.59. The zero-order chi connectivity index (χ0) is 23.2. The highest BCUT2D eigenvalue weighted by atomic mass is 32.1. The van der Waals surface area contributed by atoms with E-state index in [-0.39, 0.29) is 35.9 Å². The SMILES string of the molecule is CCCCCCCCc1nnc(NC(=O)c2ccc3c(c2)C(=O)N(CC2CCCO2)C3=O)s1. The van der Waals surface area contributed by atoms with Crippen LogP contribution in [0, 0.1) is 0 Å². The molecule has 0 aliphatic carbocycles. The molecule has 1 N–H and O–H groups in total. The Morgan fingerprint density at radius 3 is 2.70 bits per heavy atom. The monoisotopic (exact) mass is 470 g/mol. The first-order valence-corrected chi connectivity index (χ1v) is 12.6. The van der Waals surface area contributed by atoms with Gasteiger partial charge in [0.2, 0.25) is 5.13 Å². The number of nitrogens with one attached hydrogen (secondary N) is 1. The lowest BCUT2D eigenvalue weighted by Gasteiger charge is -2.17. The smallest absolute Gasteiger partial charge is 0.261 e. The third-order valence-corrected chi connectivity index (χ3v) is 6.97. The molecule has 1 aromatic carbocycles. The third kappa shape index (κ3) is 5.65. The summed E-state index contributed by atoms with van der Waals surface area (Å²) in [6, 6.07) is 4.59. The van der Waals surface area contributed by atoms with Crippen LogP contribution in [0.3, 0.4) is 0 Å². The summed E-state index contributed by atoms with van der Waals surface area (Å²) in [5.41, 5.74) is 0.889. The van der Waals surface area contributed by atoms with Gasteiger partial charge in [-0.15, -0.1) is 10.2 Å². The standard InChI is InChI=1S/C24H30N4O4S/c1-2-3-4-5-6-7-10-20-26-27-24(33-20)25-21(29)16-11-12-18-19(14-16)23(31)28(22(18)30)15-17-9-8-13-32-17/h11-12,14,17H,2-10,13,15H2,1H3,(H,25,27,29). The largest absolute Gasteiger partial charge is 0.376 e. The van der Waals surface area contributed by atoms with E-state index in [1.807, 2.05) is 0 Å². The van der Waals surface area contributed by atoms with Crippen LogP contribution in [0.15, 0.2) is 18.2 Å². The van der Waals surface area contributed by atoms with Crippen LogP contribution in [0.25, 0.3) is 0 Å². The molecule has 1 fully saturated rings. The molecule has 0 radical (unpaired) electrons. The van der Waals surface area contributed by atoms with Gasteiger partial charge in [-0.2, -0.15) is 0 Å². The lowest BCUT2D eigenvalue weighted by atomic mass is 10.1. The number of hydrogen-bond acceptors (Lipinski definition) is 7. The molecule has 4 rings (SSSR count). The maximum Gasteiger partial charge on any atom is 0.261 e. The fourth-order valence-electron chi connectivity index (χ4n) is 4.22. The van der Waals surface area contributed by atoms with Crippen molar-refractivity contribution >= 4 is 34.2 Å². The number of aromatic nitrogens is 2. The Kier molecular flexibility index (Phi) is 7.82. The van der Waals surface area contributed by atoms with Crippen molar-refractivity contribution in [2.24, 2.45) is 0 Å². The molecule has 1 aromatic heterocycles. The van der Waals surface area contributed by atoms with Gasteiger partial charge in [-0.3, -0.25) is 24.6 Å². The number of anilines is 1. The van der Waals surface area contributed by atoms with Crippen molar-refractivity contribution in [3.8, 4) is 0 Å². The molecule has 2 aliphatic heterocycles. The molecule has 2 aliphatic rings. The van der Waals surface area contributed by atoms with Gasteiger partial charge in [0.15, 0.2) is 0 Å². The van der Waals surface area contributed by atoms with Crippen LogP contribution >= 0.6 is 11.3 Å². The van der Waals surface area contributed by atoms with E-state index in [9.17, 15) is 14.4 Å². The van der Waals surface area contributed by atoms with E-state index in [1.165, 1.54) is 54.4 Å². The maximum atomic E-state index is 12.8. The van der Waals surface area contributed by atoms with E-state index >= 15 is 0 Å². The number of amides is 3. The number of rotatable bonds is 11. The third-order valence-electron chi connectivity index (χ3n) is 6.07. The van der Waals surface area contributed by atoms with E-state index in [2.05, 4.69) is 22.4 Å². The van der Waals surface area contributed by atoms with Crippen LogP contribution in [0.4, 0.5) is 5.13 Å². The number of unbranched alkanes of at least 4 members (excludes halogenated alkanes) is 5. The molecular weight excluding hydrogens is 440 g/mol. The minimum absolute atomic E-state index is 0.113. The molecule has 0 spiro atoms. The fourth-order valence-corrected chi connectivity index (χ4v) is 5.00. The van der Waals surface area contributed by atoms with Gasteiger partial charge in [-0.1, -0.05) is 50.4 Å². The summed E-state index contributed by atoms with van der Waals surface area (Å²) in [7, 11) is 0. The number of carbonyl (C=O) groups is 3. The second-order valence-corrected chi connectivity index (χ2v) is 9.65. The Hall–Kier alpha value is -2.65. The number of benzene rings is 1. The van der Waals surface area contributed by atoms with Crippen LogP contribution in [-0.2, 0) is 11.2 Å². The molecule has 3 amide bonds. The van der Waals surface area contributed by atoms with Crippen molar-refractivity contribution in [3.05, 3.63) is 39.9 Å². The van der Waals surface area contributed by atoms with Gasteiger partial charge < -0.3 is 4.74 Å². The van der Waals surface area contributed by atoms with Crippen molar-refractivity contribution in [2.45, 2.75) is 70.8 Å². The van der Waals surface area contributed by atoms with Crippen LogP contribution in [0.2, 0.25) is 0 Å². The lowest BCUT2D eigenvalue weighted by molar-refractivity contribution is 0.0475. The molecule has 33 heavy (non-hydrogen) atoms. The summed E-state index contributed by atoms with van der Waals surface area (Å²) in [6.45, 7) is 3.11. The average molecular weight is 471 g/mol. The first-order chi connectivity index (χ1) is 16.1. The highest BCUT2D eigenvalue weighted by Crippen LogP contribution is 2.27. The molecule has 8 nitrogen and oxygen atoms in total. The number of hydrogen-bond donors (Lipinski definition) is 1. The van der Waals surface area contributed by atoms with E-state index in [0.29, 0.717) is 22.9 Å². The zero-order valence-corrected chi connectivity index (χ0v) is 19.8. The van der Waals surface area contributed by atoms with Gasteiger partial charge in [0, 0.05) is 18.6 Å². The summed E-state index contributed by atoms with van der Waals surface area (Å²) in [5, 5.41) is 12.3. The molecule has 3 heterocycles. The summed E-state index contributed by atoms with van der Waals surface area (Å²) < 4.78 is 5.57. The number of aryl methyl sites for hydroxylation is 1. The molecule has 9 heteroatoms. The number of carbonyl (C=O) groups excluding carboxylic acids is 3. The summed E-state index contributed by atoms with van der Waals surface area (Å²) in [6.07, 6.45) is 9.78. The van der Waals surface area contributed by atoms with Crippen LogP contribution < -0.4 is 5.32 Å². The van der Waals surface area contributed by atoms with Gasteiger partial charge >= 0.3 is 0 Å². The highest BCUT2D eigenvalue weighted by Gasteiger charge is 2.38. The molecule has 0 bridgehead atoms. The quantitative estimate of drug-likeness (QED) is 0.384. The van der Waals surface area contributed by atoms with Crippen molar-refractivity contribution in [1.29, 1.82) is 0 Å². The molecule has 0 saturated carbocycles. The Labute approximate surface area is 197 Å². The Bertz CT molecular complexity index is 1020. The predicted octanol–water partition coefficient (Wildman–Crippen LogP) is 4.47. The van der Waals surface area contributed by atoms with Crippen molar-refractivity contribution in [2.75, 3.05) is 18.5 Å². The van der Waals surface area contributed by atoms with Gasteiger partial charge in [-0.05, 0) is 37.5 Å². The van der Waals surface area contributed by atoms with Crippen molar-refractivity contribution in [3.63, 3.8) is 0 Å². The molecule has 2 aromatic rings. The molecule has 1 atom stereocenters. The average Bonchev–Trinajstić information content (AvgIpc) is 3.54. The Morgan fingerprint density at radius 2 is 1.91 bits per heavy atom. The van der Waals surface area contributed by atoms with E-state index in [4.69, 9.17) is 4.74 Å². The normalized spacial score (nSPS) is 17.6. The predicted molar refractivity (Wildman–Crippen MR) is 126 cm³/mol. The van der Waals surface area contributed by atoms with Gasteiger partial charge in [0.1, 0.15) is 5.01 Å². The molecule has 176 valence electrons. The van der Waals surface area contributed by atoms with E-state index in [0.717, 1.165) is 30.7 Å². The Morgan fingerprint density at radius 1 is 1.12 bits per heavy atom. The highest BCUT2D eigenvalue weighted by molar-refractivity contribution is 7.15. The van der Waals surface area contributed by atoms with E-state index in [1.54, 1.807) is 12.1 Å². The molecular formula is C24H30N4O4S. The number of fused-ring (bicyclic) bond motifs is 1. The number of imide groups is 1. The van der Waals surface area contributed by atoms with Crippen molar-refractivity contribution in [1.82, 2.24) is 15.1 Å². The molecule has 1 saturated heterocycles. The lowest BCUT2D eigenvalue weighted by Crippen LogP contribution is -2.36. The van der Waals surface area contributed by atoms with Gasteiger partial charge in [-0.25, -0.2) is 0 Å². The maximum absolute atomic E-state index is 12.8. The van der Waals surface area contributed by atoms with Crippen LogP contribution in [-0.4, -0.2) is 52.1 Å². The summed E-state index contributed by atoms with van der Waals surface area (Å²) in [4.78, 5) is 39.4. The van der Waals surface area contributed by atoms with E-state index < -0.39 is 0 Å². The minimum atomic E-state index is -0.378. The Balaban J connectivity index is 1.33. The number of ether oxygens (including phenoxy) is 1. The topological polar surface area (TPSA) is 101 Å². The van der Waals surface area contributed by atoms with Crippen LogP contribution in [0.5, 0.6) is 0 Å². The van der Waals surface area contributed by atoms with Crippen LogP contribution in [0.1, 0.15) is 94.4 Å². The van der Waals surface area contributed by atoms with Gasteiger partial charge in [0.05, 0.1) is 23.8 Å². The second kappa shape index (κ2) is 11.0. The fraction of sp³-hybridized carbons (Fsp3) is 0.542. The summed E-state index contributed by atoms with van der Waals surface area (Å²) in [5.74, 6) is -1.09. The zero-order valence-electron chi connectivity index (χ0n) is 19.0. The molecule has 1 unspecified atom stereocenters. The minimum Gasteiger partial charge on any atom is -0.376 e. The summed E-state index contributed by atoms with van der Waals surface area (Å²) >= 11 is 1.37. The first kappa shape index (κ1) is 23.5.